The molecular formula is C18H19N5O3. The first kappa shape index (κ1) is 17.4. The van der Waals surface area contributed by atoms with Gasteiger partial charge in [-0.25, -0.2) is 4.79 Å². The Balaban J connectivity index is 1.66. The van der Waals surface area contributed by atoms with Crippen LogP contribution in [0, 0.1) is 6.92 Å². The highest BCUT2D eigenvalue weighted by Crippen LogP contribution is 2.13. The van der Waals surface area contributed by atoms with E-state index in [1.807, 2.05) is 31.2 Å². The summed E-state index contributed by atoms with van der Waals surface area (Å²) < 4.78 is 2.97. The lowest BCUT2D eigenvalue weighted by Gasteiger charge is -2.06. The van der Waals surface area contributed by atoms with Gasteiger partial charge in [-0.3, -0.25) is 14.2 Å². The van der Waals surface area contributed by atoms with Crippen molar-refractivity contribution in [3.05, 3.63) is 65.7 Å². The summed E-state index contributed by atoms with van der Waals surface area (Å²) in [5.41, 5.74) is 3.01. The molecule has 0 fully saturated rings. The largest absolute Gasteiger partial charge is 0.480 e. The zero-order valence-corrected chi connectivity index (χ0v) is 14.5. The van der Waals surface area contributed by atoms with Crippen molar-refractivity contribution in [2.45, 2.75) is 26.4 Å². The second-order valence-corrected chi connectivity index (χ2v) is 6.00. The second-order valence-electron chi connectivity index (χ2n) is 6.00. The van der Waals surface area contributed by atoms with Crippen LogP contribution in [-0.4, -0.2) is 36.5 Å². The van der Waals surface area contributed by atoms with Crippen LogP contribution < -0.4 is 5.32 Å². The summed E-state index contributed by atoms with van der Waals surface area (Å²) in [6.07, 6.45) is 4.77. The van der Waals surface area contributed by atoms with Crippen LogP contribution in [0.1, 0.15) is 34.6 Å². The normalized spacial score (nSPS) is 11.9. The minimum Gasteiger partial charge on any atom is -0.480 e. The Kier molecular flexibility index (Phi) is 4.83. The predicted octanol–water partition coefficient (Wildman–Crippen LogP) is 2.33. The standard InChI is InChI=1S/C18H19N5O3/c1-12-5-3-4-6-14(12)10-22-11-15(9-19-22)20-17(24)16-7-8-23(21-16)13(2)18(25)26/h3-9,11,13H,10H2,1-2H3,(H,20,24)(H,25,26). The molecule has 0 aliphatic carbocycles. The van der Waals surface area contributed by atoms with Crippen molar-refractivity contribution in [3.63, 3.8) is 0 Å². The monoisotopic (exact) mass is 353 g/mol. The highest BCUT2D eigenvalue weighted by molar-refractivity contribution is 6.02. The summed E-state index contributed by atoms with van der Waals surface area (Å²) in [5.74, 6) is -1.44. The van der Waals surface area contributed by atoms with Crippen LogP contribution in [0.2, 0.25) is 0 Å². The minimum absolute atomic E-state index is 0.143. The molecule has 0 aliphatic heterocycles. The number of nitrogens with one attached hydrogen (secondary N) is 1. The molecular weight excluding hydrogens is 334 g/mol. The number of hydrogen-bond donors (Lipinski definition) is 2. The quantitative estimate of drug-likeness (QED) is 0.708. The Hall–Kier alpha value is -3.42. The van der Waals surface area contributed by atoms with Gasteiger partial charge in [0, 0.05) is 12.4 Å². The maximum atomic E-state index is 12.3. The number of anilines is 1. The zero-order valence-electron chi connectivity index (χ0n) is 14.5. The molecule has 1 atom stereocenters. The van der Waals surface area contributed by atoms with E-state index in [9.17, 15) is 9.59 Å². The number of rotatable bonds is 6. The van der Waals surface area contributed by atoms with Gasteiger partial charge in [-0.1, -0.05) is 24.3 Å². The first-order valence-electron chi connectivity index (χ1n) is 8.10. The SMILES string of the molecule is Cc1ccccc1Cn1cc(NC(=O)c2ccn(C(C)C(=O)O)n2)cn1. The predicted molar refractivity (Wildman–Crippen MR) is 95.0 cm³/mol. The van der Waals surface area contributed by atoms with Crippen molar-refractivity contribution >= 4 is 17.6 Å². The lowest BCUT2D eigenvalue weighted by atomic mass is 10.1. The van der Waals surface area contributed by atoms with Crippen LogP contribution in [0.3, 0.4) is 0 Å². The molecule has 0 spiro atoms. The van der Waals surface area contributed by atoms with Crippen LogP contribution in [0.5, 0.6) is 0 Å². The number of aryl methyl sites for hydroxylation is 1. The number of amides is 1. The van der Waals surface area contributed by atoms with Gasteiger partial charge < -0.3 is 10.4 Å². The molecule has 2 heterocycles. The molecule has 1 amide bonds. The molecule has 134 valence electrons. The fraction of sp³-hybridized carbons (Fsp3) is 0.222. The van der Waals surface area contributed by atoms with E-state index in [0.717, 1.165) is 5.56 Å². The van der Waals surface area contributed by atoms with E-state index in [0.29, 0.717) is 12.2 Å². The third-order valence-electron chi connectivity index (χ3n) is 4.08. The van der Waals surface area contributed by atoms with Crippen molar-refractivity contribution in [2.75, 3.05) is 5.32 Å². The Morgan fingerprint density at radius 3 is 2.77 bits per heavy atom. The maximum Gasteiger partial charge on any atom is 0.328 e. The zero-order chi connectivity index (χ0) is 18.7. The van der Waals surface area contributed by atoms with Crippen molar-refractivity contribution in [1.82, 2.24) is 19.6 Å². The molecule has 0 bridgehead atoms. The number of carboxylic acid groups (broad SMARTS) is 1. The third-order valence-corrected chi connectivity index (χ3v) is 4.08. The lowest BCUT2D eigenvalue weighted by Crippen LogP contribution is -2.18. The highest BCUT2D eigenvalue weighted by Gasteiger charge is 2.17. The van der Waals surface area contributed by atoms with E-state index in [-0.39, 0.29) is 5.69 Å². The molecule has 0 saturated heterocycles. The van der Waals surface area contributed by atoms with Crippen LogP contribution in [-0.2, 0) is 11.3 Å². The molecule has 8 heteroatoms. The van der Waals surface area contributed by atoms with Gasteiger partial charge in [0.2, 0.25) is 0 Å². The summed E-state index contributed by atoms with van der Waals surface area (Å²) in [4.78, 5) is 23.2. The average molecular weight is 353 g/mol. The average Bonchev–Trinajstić information content (AvgIpc) is 3.26. The Labute approximate surface area is 150 Å². The molecule has 0 radical (unpaired) electrons. The molecule has 0 saturated carbocycles. The highest BCUT2D eigenvalue weighted by atomic mass is 16.4. The van der Waals surface area contributed by atoms with Crippen LogP contribution in [0.4, 0.5) is 5.69 Å². The van der Waals surface area contributed by atoms with Gasteiger partial charge in [-0.2, -0.15) is 10.2 Å². The summed E-state index contributed by atoms with van der Waals surface area (Å²) in [6.45, 7) is 4.13. The number of nitrogens with zero attached hydrogens (tertiary/aromatic N) is 4. The van der Waals surface area contributed by atoms with Gasteiger partial charge in [-0.15, -0.1) is 0 Å². The van der Waals surface area contributed by atoms with Crippen LogP contribution in [0.15, 0.2) is 48.9 Å². The molecule has 1 unspecified atom stereocenters. The van der Waals surface area contributed by atoms with E-state index < -0.39 is 17.9 Å². The lowest BCUT2D eigenvalue weighted by molar-refractivity contribution is -0.140. The van der Waals surface area contributed by atoms with E-state index in [4.69, 9.17) is 5.11 Å². The molecule has 26 heavy (non-hydrogen) atoms. The summed E-state index contributed by atoms with van der Waals surface area (Å²) in [6, 6.07) is 8.67. The Morgan fingerprint density at radius 2 is 2.04 bits per heavy atom. The first-order chi connectivity index (χ1) is 12.4. The van der Waals surface area contributed by atoms with E-state index in [1.165, 1.54) is 29.4 Å². The first-order valence-corrected chi connectivity index (χ1v) is 8.10. The number of aromatic nitrogens is 4. The number of carbonyl (C=O) groups excluding carboxylic acids is 1. The van der Waals surface area contributed by atoms with Crippen molar-refractivity contribution in [3.8, 4) is 0 Å². The Morgan fingerprint density at radius 1 is 1.27 bits per heavy atom. The van der Waals surface area contributed by atoms with Crippen molar-refractivity contribution in [1.29, 1.82) is 0 Å². The smallest absolute Gasteiger partial charge is 0.328 e. The van der Waals surface area contributed by atoms with E-state index in [1.54, 1.807) is 17.1 Å². The van der Waals surface area contributed by atoms with Crippen molar-refractivity contribution < 1.29 is 14.7 Å². The molecule has 0 aliphatic rings. The van der Waals surface area contributed by atoms with E-state index in [2.05, 4.69) is 15.5 Å². The summed E-state index contributed by atoms with van der Waals surface area (Å²) in [7, 11) is 0. The van der Waals surface area contributed by atoms with Crippen LogP contribution in [0.25, 0.3) is 0 Å². The third kappa shape index (κ3) is 3.80. The second kappa shape index (κ2) is 7.22. The van der Waals surface area contributed by atoms with Gasteiger partial charge in [0.15, 0.2) is 5.69 Å². The number of hydrogen-bond acceptors (Lipinski definition) is 4. The fourth-order valence-electron chi connectivity index (χ4n) is 2.46. The summed E-state index contributed by atoms with van der Waals surface area (Å²) >= 11 is 0. The van der Waals surface area contributed by atoms with Gasteiger partial charge in [0.1, 0.15) is 6.04 Å². The molecule has 2 N–H and O–H groups in total. The van der Waals surface area contributed by atoms with Crippen LogP contribution >= 0.6 is 0 Å². The maximum absolute atomic E-state index is 12.3. The van der Waals surface area contributed by atoms with Gasteiger partial charge in [0.25, 0.3) is 5.91 Å². The summed E-state index contributed by atoms with van der Waals surface area (Å²) in [5, 5.41) is 20.0. The number of benzene rings is 1. The minimum atomic E-state index is -1.02. The molecule has 1 aromatic carbocycles. The topological polar surface area (TPSA) is 102 Å². The molecule has 8 nitrogen and oxygen atoms in total. The van der Waals surface area contributed by atoms with Gasteiger partial charge in [-0.05, 0) is 31.0 Å². The molecule has 2 aromatic heterocycles. The molecule has 3 aromatic rings. The van der Waals surface area contributed by atoms with Crippen molar-refractivity contribution in [2.24, 2.45) is 0 Å². The van der Waals surface area contributed by atoms with Gasteiger partial charge >= 0.3 is 5.97 Å². The number of aliphatic carboxylic acids is 1. The number of carbonyl (C=O) groups is 2. The Bertz CT molecular complexity index is 944. The fourth-order valence-corrected chi connectivity index (χ4v) is 2.46. The van der Waals surface area contributed by atoms with E-state index >= 15 is 0 Å². The molecule has 3 rings (SSSR count). The number of carboxylic acids is 1. The van der Waals surface area contributed by atoms with Gasteiger partial charge in [0.05, 0.1) is 18.4 Å².